The maximum absolute atomic E-state index is 11.2. The molecule has 0 aliphatic rings. The summed E-state index contributed by atoms with van der Waals surface area (Å²) in [6.07, 6.45) is -0.501. The predicted octanol–water partition coefficient (Wildman–Crippen LogP) is 1.98. The zero-order valence-corrected chi connectivity index (χ0v) is 9.81. The highest BCUT2D eigenvalue weighted by Crippen LogP contribution is 2.01. The smallest absolute Gasteiger partial charge is 0.407 e. The average molecular weight is 259 g/mol. The van der Waals surface area contributed by atoms with Gasteiger partial charge in [0.05, 0.1) is 0 Å². The van der Waals surface area contributed by atoms with Crippen LogP contribution in [0.4, 0.5) is 4.79 Å². The number of carbonyl (C=O) groups excluding carboxylic acids is 1. The second-order valence-corrected chi connectivity index (χ2v) is 3.73. The van der Waals surface area contributed by atoms with E-state index in [2.05, 4.69) is 14.7 Å². The third kappa shape index (κ3) is 6.80. The van der Waals surface area contributed by atoms with E-state index in [-0.39, 0.29) is 6.61 Å². The van der Waals surface area contributed by atoms with E-state index in [1.165, 1.54) is 0 Å². The van der Waals surface area contributed by atoms with Gasteiger partial charge in [0.15, 0.2) is 0 Å². The molecule has 1 aromatic carbocycles. The monoisotopic (exact) mass is 259 g/mol. The molecule has 0 bridgehead atoms. The molecular weight excluding hydrogens is 246 g/mol. The lowest BCUT2D eigenvalue weighted by Crippen LogP contribution is -2.26. The maximum atomic E-state index is 11.2. The molecule has 7 heteroatoms. The van der Waals surface area contributed by atoms with Crippen molar-refractivity contribution in [3.63, 3.8) is 0 Å². The Morgan fingerprint density at radius 3 is 2.82 bits per heavy atom. The second kappa shape index (κ2) is 8.82. The zero-order chi connectivity index (χ0) is 12.3. The Morgan fingerprint density at radius 1 is 1.35 bits per heavy atom. The van der Waals surface area contributed by atoms with Crippen molar-refractivity contribution in [2.45, 2.75) is 6.61 Å². The van der Waals surface area contributed by atoms with E-state index in [9.17, 15) is 4.79 Å². The van der Waals surface area contributed by atoms with Crippen LogP contribution in [0.25, 0.3) is 0 Å². The standard InChI is InChI=1S/C10H13NO5S/c12-10(11-6-7-17-16-15-13)14-8-9-4-2-1-3-5-9/h1-5,13H,6-8H2,(H,11,12). The largest absolute Gasteiger partial charge is 0.445 e. The van der Waals surface area contributed by atoms with E-state index in [0.29, 0.717) is 12.3 Å². The Hall–Kier alpha value is -1.28. The number of rotatable bonds is 7. The molecule has 2 N–H and O–H groups in total. The number of hydrogen-bond donors (Lipinski definition) is 2. The minimum absolute atomic E-state index is 0.232. The van der Waals surface area contributed by atoms with Crippen LogP contribution in [0.1, 0.15) is 5.56 Å². The molecule has 0 unspecified atom stereocenters. The second-order valence-electron chi connectivity index (χ2n) is 2.95. The first kappa shape index (κ1) is 13.8. The third-order valence-electron chi connectivity index (χ3n) is 1.75. The number of carbonyl (C=O) groups is 1. The summed E-state index contributed by atoms with van der Waals surface area (Å²) in [6.45, 7) is 0.581. The lowest BCUT2D eigenvalue weighted by atomic mass is 10.2. The molecule has 0 fully saturated rings. The minimum atomic E-state index is -0.501. The summed E-state index contributed by atoms with van der Waals surface area (Å²) in [7, 11) is 0. The molecule has 0 aliphatic carbocycles. The summed E-state index contributed by atoms with van der Waals surface area (Å²) >= 11 is 0.867. The van der Waals surface area contributed by atoms with E-state index < -0.39 is 6.09 Å². The van der Waals surface area contributed by atoms with Gasteiger partial charge in [-0.15, -0.1) is 4.33 Å². The molecule has 0 heterocycles. The Bertz CT molecular complexity index is 322. The van der Waals surface area contributed by atoms with Crippen LogP contribution >= 0.6 is 12.0 Å². The topological polar surface area (TPSA) is 77.0 Å². The molecule has 94 valence electrons. The Morgan fingerprint density at radius 2 is 2.12 bits per heavy atom. The first-order valence-electron chi connectivity index (χ1n) is 4.87. The van der Waals surface area contributed by atoms with Crippen LogP contribution in [0.3, 0.4) is 0 Å². The molecule has 17 heavy (non-hydrogen) atoms. The van der Waals surface area contributed by atoms with Gasteiger partial charge in [0.25, 0.3) is 0 Å². The Labute approximate surface area is 103 Å². The summed E-state index contributed by atoms with van der Waals surface area (Å²) in [5, 5.41) is 13.7. The molecule has 1 aromatic rings. The summed E-state index contributed by atoms with van der Waals surface area (Å²) in [4.78, 5) is 11.2. The first-order valence-corrected chi connectivity index (χ1v) is 5.78. The van der Waals surface area contributed by atoms with Crippen molar-refractivity contribution in [3.05, 3.63) is 35.9 Å². The summed E-state index contributed by atoms with van der Waals surface area (Å²) in [6, 6.07) is 9.38. The number of nitrogens with one attached hydrogen (secondary N) is 1. The fourth-order valence-electron chi connectivity index (χ4n) is 1.02. The van der Waals surface area contributed by atoms with E-state index in [4.69, 9.17) is 9.99 Å². The highest BCUT2D eigenvalue weighted by Gasteiger charge is 2.01. The predicted molar refractivity (Wildman–Crippen MR) is 61.9 cm³/mol. The minimum Gasteiger partial charge on any atom is -0.445 e. The molecule has 0 saturated heterocycles. The van der Waals surface area contributed by atoms with Crippen LogP contribution in [-0.4, -0.2) is 23.6 Å². The van der Waals surface area contributed by atoms with Crippen molar-refractivity contribution in [2.24, 2.45) is 0 Å². The van der Waals surface area contributed by atoms with Crippen molar-refractivity contribution in [2.75, 3.05) is 12.3 Å². The Balaban J connectivity index is 2.05. The van der Waals surface area contributed by atoms with Crippen LogP contribution < -0.4 is 5.32 Å². The summed E-state index contributed by atoms with van der Waals surface area (Å²) < 4.78 is 9.08. The SMILES string of the molecule is O=C(NCCSOOO)OCc1ccccc1. The molecular formula is C10H13NO5S. The van der Waals surface area contributed by atoms with Crippen LogP contribution in [0.2, 0.25) is 0 Å². The number of hydrogen-bond acceptors (Lipinski definition) is 6. The lowest BCUT2D eigenvalue weighted by molar-refractivity contribution is -0.432. The Kier molecular flexibility index (Phi) is 7.15. The number of benzene rings is 1. The molecule has 1 amide bonds. The van der Waals surface area contributed by atoms with E-state index in [1.54, 1.807) is 0 Å². The van der Waals surface area contributed by atoms with Crippen LogP contribution in [0.15, 0.2) is 30.3 Å². The van der Waals surface area contributed by atoms with Gasteiger partial charge in [-0.1, -0.05) is 35.4 Å². The summed E-state index contributed by atoms with van der Waals surface area (Å²) in [5.41, 5.74) is 0.925. The van der Waals surface area contributed by atoms with Crippen molar-refractivity contribution in [3.8, 4) is 0 Å². The van der Waals surface area contributed by atoms with Crippen molar-refractivity contribution < 1.29 is 24.2 Å². The molecule has 6 nitrogen and oxygen atoms in total. The molecule has 0 atom stereocenters. The molecule has 0 spiro atoms. The highest BCUT2D eigenvalue weighted by molar-refractivity contribution is 7.94. The molecule has 0 radical (unpaired) electrons. The van der Waals surface area contributed by atoms with Crippen molar-refractivity contribution in [1.29, 1.82) is 0 Å². The maximum Gasteiger partial charge on any atom is 0.407 e. The molecule has 0 aromatic heterocycles. The quantitative estimate of drug-likeness (QED) is 0.337. The van der Waals surface area contributed by atoms with Crippen molar-refractivity contribution >= 4 is 18.1 Å². The van der Waals surface area contributed by atoms with Gasteiger partial charge in [0, 0.05) is 24.3 Å². The average Bonchev–Trinajstić information content (AvgIpc) is 2.37. The molecule has 0 aliphatic heterocycles. The normalized spacial score (nSPS) is 9.94. The number of alkyl carbamates (subject to hydrolysis) is 1. The van der Waals surface area contributed by atoms with Gasteiger partial charge in [-0.3, -0.25) is 0 Å². The van der Waals surface area contributed by atoms with Gasteiger partial charge in [-0.2, -0.15) is 0 Å². The van der Waals surface area contributed by atoms with E-state index >= 15 is 0 Å². The summed E-state index contributed by atoms with van der Waals surface area (Å²) in [5.74, 6) is 0.432. The lowest BCUT2D eigenvalue weighted by Gasteiger charge is -2.06. The van der Waals surface area contributed by atoms with Gasteiger partial charge < -0.3 is 10.1 Å². The van der Waals surface area contributed by atoms with Crippen LogP contribution in [0, 0.1) is 0 Å². The zero-order valence-electron chi connectivity index (χ0n) is 9.00. The van der Waals surface area contributed by atoms with Crippen LogP contribution in [-0.2, 0) is 20.7 Å². The molecule has 1 rings (SSSR count). The van der Waals surface area contributed by atoms with Gasteiger partial charge >= 0.3 is 6.09 Å². The highest BCUT2D eigenvalue weighted by atomic mass is 32.2. The van der Waals surface area contributed by atoms with E-state index in [1.807, 2.05) is 30.3 Å². The third-order valence-corrected chi connectivity index (χ3v) is 2.27. The fraction of sp³-hybridized carbons (Fsp3) is 0.300. The number of amides is 1. The van der Waals surface area contributed by atoms with E-state index in [0.717, 1.165) is 17.6 Å². The van der Waals surface area contributed by atoms with Crippen LogP contribution in [0.5, 0.6) is 0 Å². The fourth-order valence-corrected chi connectivity index (χ4v) is 1.32. The van der Waals surface area contributed by atoms with Gasteiger partial charge in [0.1, 0.15) is 6.61 Å². The van der Waals surface area contributed by atoms with Gasteiger partial charge in [0.2, 0.25) is 0 Å². The van der Waals surface area contributed by atoms with Crippen molar-refractivity contribution in [1.82, 2.24) is 5.32 Å². The van der Waals surface area contributed by atoms with Gasteiger partial charge in [-0.25, -0.2) is 10.1 Å². The first-order chi connectivity index (χ1) is 8.33. The number of ether oxygens (including phenoxy) is 1. The molecule has 0 saturated carbocycles. The van der Waals surface area contributed by atoms with Gasteiger partial charge in [-0.05, 0) is 5.56 Å².